The standard InChI is InChI=1S/C14H22N2O3/c1-11-4-5-13(10-12(11)2)15-14(18)16(6-8-17)7-9-19-3/h4-5,10,17H,6-9H2,1-3H3,(H,15,18). The van der Waals surface area contributed by atoms with Crippen molar-refractivity contribution < 1.29 is 14.6 Å². The predicted molar refractivity (Wildman–Crippen MR) is 75.5 cm³/mol. The molecule has 0 aromatic heterocycles. The number of methoxy groups -OCH3 is 1. The highest BCUT2D eigenvalue weighted by atomic mass is 16.5. The maximum absolute atomic E-state index is 12.1. The number of nitrogens with zero attached hydrogens (tertiary/aromatic N) is 1. The quantitative estimate of drug-likeness (QED) is 0.825. The third-order valence-corrected chi connectivity index (χ3v) is 2.98. The molecular formula is C14H22N2O3. The molecule has 0 unspecified atom stereocenters. The third kappa shape index (κ3) is 4.89. The van der Waals surface area contributed by atoms with Crippen LogP contribution in [-0.2, 0) is 4.74 Å². The summed E-state index contributed by atoms with van der Waals surface area (Å²) in [7, 11) is 1.58. The van der Waals surface area contributed by atoms with Gasteiger partial charge in [-0.1, -0.05) is 6.07 Å². The van der Waals surface area contributed by atoms with Crippen LogP contribution >= 0.6 is 0 Å². The number of anilines is 1. The number of rotatable bonds is 6. The van der Waals surface area contributed by atoms with Crippen LogP contribution in [0.25, 0.3) is 0 Å². The smallest absolute Gasteiger partial charge is 0.321 e. The maximum atomic E-state index is 12.1. The van der Waals surface area contributed by atoms with Gasteiger partial charge in [-0.2, -0.15) is 0 Å². The van der Waals surface area contributed by atoms with Crippen molar-refractivity contribution in [3.05, 3.63) is 29.3 Å². The maximum Gasteiger partial charge on any atom is 0.321 e. The molecule has 0 fully saturated rings. The van der Waals surface area contributed by atoms with Crippen molar-refractivity contribution >= 4 is 11.7 Å². The van der Waals surface area contributed by atoms with E-state index in [0.717, 1.165) is 11.3 Å². The van der Waals surface area contributed by atoms with Gasteiger partial charge in [0.05, 0.1) is 13.2 Å². The summed E-state index contributed by atoms with van der Waals surface area (Å²) in [4.78, 5) is 13.6. The number of carbonyl (C=O) groups excluding carboxylic acids is 1. The van der Waals surface area contributed by atoms with E-state index in [1.807, 2.05) is 32.0 Å². The Labute approximate surface area is 114 Å². The van der Waals surface area contributed by atoms with E-state index in [9.17, 15) is 4.79 Å². The van der Waals surface area contributed by atoms with Crippen LogP contribution in [0.3, 0.4) is 0 Å². The van der Waals surface area contributed by atoms with Crippen LogP contribution in [-0.4, -0.2) is 49.5 Å². The molecule has 2 N–H and O–H groups in total. The molecule has 0 spiro atoms. The van der Waals surface area contributed by atoms with Gasteiger partial charge in [0.1, 0.15) is 0 Å². The first kappa shape index (κ1) is 15.5. The van der Waals surface area contributed by atoms with E-state index in [2.05, 4.69) is 5.32 Å². The predicted octanol–water partition coefficient (Wildman–Crippen LogP) is 1.78. The molecule has 0 aliphatic rings. The fourth-order valence-corrected chi connectivity index (χ4v) is 1.66. The Morgan fingerprint density at radius 3 is 2.63 bits per heavy atom. The first-order valence-electron chi connectivity index (χ1n) is 6.31. The number of aliphatic hydroxyl groups excluding tert-OH is 1. The largest absolute Gasteiger partial charge is 0.395 e. The van der Waals surface area contributed by atoms with E-state index in [4.69, 9.17) is 9.84 Å². The SMILES string of the molecule is COCCN(CCO)C(=O)Nc1ccc(C)c(C)c1. The highest BCUT2D eigenvalue weighted by Crippen LogP contribution is 2.14. The molecule has 5 nitrogen and oxygen atoms in total. The van der Waals surface area contributed by atoms with Gasteiger partial charge in [0.2, 0.25) is 0 Å². The molecule has 0 atom stereocenters. The van der Waals surface area contributed by atoms with E-state index in [1.165, 1.54) is 10.5 Å². The van der Waals surface area contributed by atoms with Gasteiger partial charge < -0.3 is 20.1 Å². The number of nitrogens with one attached hydrogen (secondary N) is 1. The second-order valence-corrected chi connectivity index (χ2v) is 4.43. The number of hydrogen-bond donors (Lipinski definition) is 2. The summed E-state index contributed by atoms with van der Waals surface area (Å²) in [6.45, 7) is 5.15. The number of aliphatic hydroxyl groups is 1. The summed E-state index contributed by atoms with van der Waals surface area (Å²) in [5, 5.41) is 11.8. The third-order valence-electron chi connectivity index (χ3n) is 2.98. The number of urea groups is 1. The summed E-state index contributed by atoms with van der Waals surface area (Å²) in [5.41, 5.74) is 3.07. The zero-order chi connectivity index (χ0) is 14.3. The van der Waals surface area contributed by atoms with Crippen LogP contribution in [0.15, 0.2) is 18.2 Å². The van der Waals surface area contributed by atoms with E-state index in [1.54, 1.807) is 7.11 Å². The van der Waals surface area contributed by atoms with Crippen molar-refractivity contribution in [2.24, 2.45) is 0 Å². The van der Waals surface area contributed by atoms with Gasteiger partial charge in [0.15, 0.2) is 0 Å². The summed E-state index contributed by atoms with van der Waals surface area (Å²) in [5.74, 6) is 0. The molecule has 2 amide bonds. The molecule has 0 saturated carbocycles. The first-order valence-corrected chi connectivity index (χ1v) is 6.31. The Morgan fingerprint density at radius 1 is 1.32 bits per heavy atom. The van der Waals surface area contributed by atoms with Gasteiger partial charge in [0.25, 0.3) is 0 Å². The van der Waals surface area contributed by atoms with Gasteiger partial charge >= 0.3 is 6.03 Å². The second-order valence-electron chi connectivity index (χ2n) is 4.43. The molecule has 0 saturated heterocycles. The lowest BCUT2D eigenvalue weighted by atomic mass is 10.1. The van der Waals surface area contributed by atoms with Crippen LogP contribution in [0.1, 0.15) is 11.1 Å². The number of ether oxygens (including phenoxy) is 1. The molecular weight excluding hydrogens is 244 g/mol. The van der Waals surface area contributed by atoms with Crippen molar-refractivity contribution in [1.82, 2.24) is 4.90 Å². The Morgan fingerprint density at radius 2 is 2.05 bits per heavy atom. The van der Waals surface area contributed by atoms with Gasteiger partial charge in [-0.05, 0) is 37.1 Å². The molecule has 1 aromatic carbocycles. The minimum absolute atomic E-state index is 0.0654. The Hall–Kier alpha value is -1.59. The molecule has 106 valence electrons. The first-order chi connectivity index (χ1) is 9.08. The zero-order valence-electron chi connectivity index (χ0n) is 11.8. The summed E-state index contributed by atoms with van der Waals surface area (Å²) >= 11 is 0. The van der Waals surface area contributed by atoms with Crippen LogP contribution < -0.4 is 5.32 Å². The Kier molecular flexibility index (Phi) is 6.32. The van der Waals surface area contributed by atoms with Crippen molar-refractivity contribution in [2.45, 2.75) is 13.8 Å². The highest BCUT2D eigenvalue weighted by Gasteiger charge is 2.12. The normalized spacial score (nSPS) is 10.3. The topological polar surface area (TPSA) is 61.8 Å². The van der Waals surface area contributed by atoms with Gasteiger partial charge in [0, 0.05) is 25.9 Å². The molecule has 0 aliphatic heterocycles. The van der Waals surface area contributed by atoms with E-state index < -0.39 is 0 Å². The number of amides is 2. The fraction of sp³-hybridized carbons (Fsp3) is 0.500. The number of benzene rings is 1. The zero-order valence-corrected chi connectivity index (χ0v) is 11.8. The number of aryl methyl sites for hydroxylation is 2. The van der Waals surface area contributed by atoms with Crippen LogP contribution in [0.2, 0.25) is 0 Å². The van der Waals surface area contributed by atoms with Gasteiger partial charge in [-0.25, -0.2) is 4.79 Å². The minimum Gasteiger partial charge on any atom is -0.395 e. The van der Waals surface area contributed by atoms with Crippen molar-refractivity contribution in [3.63, 3.8) is 0 Å². The monoisotopic (exact) mass is 266 g/mol. The molecule has 0 aliphatic carbocycles. The van der Waals surface area contributed by atoms with Crippen LogP contribution in [0.5, 0.6) is 0 Å². The molecule has 1 rings (SSSR count). The molecule has 0 heterocycles. The lowest BCUT2D eigenvalue weighted by Crippen LogP contribution is -2.39. The van der Waals surface area contributed by atoms with Gasteiger partial charge in [-0.15, -0.1) is 0 Å². The molecule has 0 radical (unpaired) electrons. The summed E-state index contributed by atoms with van der Waals surface area (Å²) < 4.78 is 4.95. The Bertz CT molecular complexity index is 421. The Balaban J connectivity index is 2.66. The molecule has 19 heavy (non-hydrogen) atoms. The average Bonchev–Trinajstić information content (AvgIpc) is 2.38. The number of carbonyl (C=O) groups is 1. The van der Waals surface area contributed by atoms with Crippen LogP contribution in [0.4, 0.5) is 10.5 Å². The fourth-order valence-electron chi connectivity index (χ4n) is 1.66. The average molecular weight is 266 g/mol. The lowest BCUT2D eigenvalue weighted by Gasteiger charge is -2.22. The summed E-state index contributed by atoms with van der Waals surface area (Å²) in [6.07, 6.45) is 0. The number of hydrogen-bond acceptors (Lipinski definition) is 3. The van der Waals surface area contributed by atoms with Crippen molar-refractivity contribution in [3.8, 4) is 0 Å². The highest BCUT2D eigenvalue weighted by molar-refractivity contribution is 5.89. The molecule has 0 bridgehead atoms. The summed E-state index contributed by atoms with van der Waals surface area (Å²) in [6, 6.07) is 5.54. The van der Waals surface area contributed by atoms with Crippen molar-refractivity contribution in [2.75, 3.05) is 38.7 Å². The van der Waals surface area contributed by atoms with E-state index in [-0.39, 0.29) is 12.6 Å². The van der Waals surface area contributed by atoms with E-state index >= 15 is 0 Å². The molecule has 1 aromatic rings. The van der Waals surface area contributed by atoms with Crippen LogP contribution in [0, 0.1) is 13.8 Å². The molecule has 5 heteroatoms. The van der Waals surface area contributed by atoms with Crippen molar-refractivity contribution in [1.29, 1.82) is 0 Å². The van der Waals surface area contributed by atoms with E-state index in [0.29, 0.717) is 19.7 Å². The second kappa shape index (κ2) is 7.76. The van der Waals surface area contributed by atoms with Gasteiger partial charge in [-0.3, -0.25) is 0 Å². The lowest BCUT2D eigenvalue weighted by molar-refractivity contribution is 0.142. The minimum atomic E-state index is -0.227.